The molecule has 2 aliphatic carbocycles. The van der Waals surface area contributed by atoms with Crippen LogP contribution in [-0.4, -0.2) is 32.6 Å². The lowest BCUT2D eigenvalue weighted by Gasteiger charge is -2.35. The Hall–Kier alpha value is -9.00. The van der Waals surface area contributed by atoms with E-state index in [0.29, 0.717) is 17.5 Å². The van der Waals surface area contributed by atoms with Gasteiger partial charge < -0.3 is 9.32 Å². The molecule has 1 spiro atoms. The number of benzene rings is 9. The maximum absolute atomic E-state index is 7.25. The molecule has 0 saturated carbocycles. The van der Waals surface area contributed by atoms with Crippen LogP contribution in [0, 0.1) is 0 Å². The Morgan fingerprint density at radius 2 is 0.971 bits per heavy atom. The first-order valence-electron chi connectivity index (χ1n) is 23.5. The van der Waals surface area contributed by atoms with Crippen LogP contribution in [0.1, 0.15) is 45.1 Å². The van der Waals surface area contributed by atoms with Crippen LogP contribution in [-0.2, 0) is 5.41 Å². The number of hydrogen-bond donors (Lipinski definition) is 0. The van der Waals surface area contributed by atoms with Crippen LogP contribution in [0.15, 0.2) is 234 Å². The lowest BCUT2D eigenvalue weighted by atomic mass is 9.70. The van der Waals surface area contributed by atoms with E-state index in [1.807, 2.05) is 36.4 Å². The van der Waals surface area contributed by atoms with Gasteiger partial charge in [0.1, 0.15) is 17.3 Å². The highest BCUT2D eigenvalue weighted by molar-refractivity contribution is 6.16. The van der Waals surface area contributed by atoms with Crippen molar-refractivity contribution in [1.82, 2.24) is 19.9 Å². The smallest absolute Gasteiger partial charge is 0.164 e. The number of hydrogen-bond acceptors (Lipinski definition) is 6. The van der Waals surface area contributed by atoms with Crippen LogP contribution in [0.25, 0.3) is 84.1 Å². The minimum absolute atomic E-state index is 0.407. The lowest BCUT2D eigenvalue weighted by Crippen LogP contribution is -2.29. The molecule has 324 valence electrons. The molecule has 0 radical (unpaired) electrons. The summed E-state index contributed by atoms with van der Waals surface area (Å²) in [4.78, 5) is 23.6. The summed E-state index contributed by atoms with van der Waals surface area (Å²) in [6.45, 7) is 0. The summed E-state index contributed by atoms with van der Waals surface area (Å²) in [5, 5.41) is 2.13. The fraction of sp³-hybridized carbons (Fsp3) is 0.0476. The summed E-state index contributed by atoms with van der Waals surface area (Å²) in [5.41, 5.74) is 18.4. The number of fused-ring (bicyclic) bond motifs is 14. The van der Waals surface area contributed by atoms with E-state index in [1.54, 1.807) is 0 Å². The van der Waals surface area contributed by atoms with Gasteiger partial charge in [-0.05, 0) is 74.3 Å². The van der Waals surface area contributed by atoms with Crippen LogP contribution in [0.5, 0.6) is 0 Å². The van der Waals surface area contributed by atoms with Crippen molar-refractivity contribution in [2.24, 2.45) is 4.99 Å². The number of rotatable bonds is 6. The molecule has 0 bridgehead atoms. The molecule has 1 atom stereocenters. The first kappa shape index (κ1) is 39.2. The van der Waals surface area contributed by atoms with E-state index in [0.717, 1.165) is 83.4 Å². The summed E-state index contributed by atoms with van der Waals surface area (Å²) in [6, 6.07) is 77.2. The molecular weight excluding hydrogens is 843 g/mol. The molecule has 11 aromatic rings. The van der Waals surface area contributed by atoms with Gasteiger partial charge in [0.05, 0.1) is 11.1 Å². The number of para-hydroxylation sites is 1. The Morgan fingerprint density at radius 1 is 0.449 bits per heavy atom. The van der Waals surface area contributed by atoms with E-state index in [4.69, 9.17) is 24.4 Å². The van der Waals surface area contributed by atoms with Crippen LogP contribution < -0.4 is 0 Å². The van der Waals surface area contributed by atoms with Crippen LogP contribution in [0.2, 0.25) is 0 Å². The molecule has 0 saturated heterocycles. The topological polar surface area (TPSA) is 67.4 Å². The van der Waals surface area contributed by atoms with E-state index < -0.39 is 11.6 Å². The largest absolute Gasteiger partial charge is 0.455 e. The van der Waals surface area contributed by atoms with Crippen molar-refractivity contribution in [3.8, 4) is 56.4 Å². The van der Waals surface area contributed by atoms with Gasteiger partial charge in [-0.25, -0.2) is 15.0 Å². The molecule has 6 nitrogen and oxygen atoms in total. The van der Waals surface area contributed by atoms with Gasteiger partial charge in [-0.2, -0.15) is 0 Å². The average molecular weight is 884 g/mol. The van der Waals surface area contributed by atoms with Crippen LogP contribution >= 0.6 is 0 Å². The van der Waals surface area contributed by atoms with Crippen molar-refractivity contribution < 1.29 is 4.42 Å². The second kappa shape index (κ2) is 15.3. The van der Waals surface area contributed by atoms with Gasteiger partial charge in [0, 0.05) is 51.3 Å². The highest BCUT2D eigenvalue weighted by Gasteiger charge is 2.53. The van der Waals surface area contributed by atoms with Crippen molar-refractivity contribution in [2.45, 2.75) is 11.6 Å². The first-order valence-corrected chi connectivity index (χ1v) is 23.5. The monoisotopic (exact) mass is 883 g/mol. The predicted octanol–water partition coefficient (Wildman–Crippen LogP) is 14.6. The standard InChI is InChI=1S/C63H41N5O/c1-68-54(40-22-8-3-9-23-40)38-53(39-20-6-2-7-21-39)64-62(68)48-37-52-57(58-56(48)47-30-16-19-33-55(47)69-58)46-35-34-43(36-51(46)63(52)49-31-17-14-28-44(49)45-29-15-18-32-50(45)63)61-66-59(41-24-10-4-11-25-41)65-60(67-61)42-26-12-5-13-27-42/h2-38,62H,1H3. The van der Waals surface area contributed by atoms with E-state index in [1.165, 1.54) is 27.8 Å². The molecule has 3 aliphatic rings. The maximum atomic E-state index is 7.25. The molecule has 0 fully saturated rings. The summed E-state index contributed by atoms with van der Waals surface area (Å²) < 4.78 is 7.25. The van der Waals surface area contributed by atoms with E-state index in [-0.39, 0.29) is 0 Å². The van der Waals surface area contributed by atoms with Crippen molar-refractivity contribution >= 4 is 33.3 Å². The summed E-state index contributed by atoms with van der Waals surface area (Å²) in [6.07, 6.45) is 1.82. The van der Waals surface area contributed by atoms with Gasteiger partial charge in [-0.3, -0.25) is 4.99 Å². The third-order valence-corrected chi connectivity index (χ3v) is 14.4. The molecular formula is C63H41N5O. The summed E-state index contributed by atoms with van der Waals surface area (Å²) in [7, 11) is 2.18. The van der Waals surface area contributed by atoms with Gasteiger partial charge in [0.15, 0.2) is 17.5 Å². The Kier molecular flexibility index (Phi) is 8.67. The number of allylic oxidation sites excluding steroid dienone is 1. The zero-order valence-electron chi connectivity index (χ0n) is 37.6. The molecule has 0 amide bonds. The highest BCUT2D eigenvalue weighted by Crippen LogP contribution is 2.65. The zero-order valence-corrected chi connectivity index (χ0v) is 37.6. The molecule has 9 aromatic carbocycles. The quantitative estimate of drug-likeness (QED) is 0.166. The fourth-order valence-corrected chi connectivity index (χ4v) is 11.4. The van der Waals surface area contributed by atoms with E-state index in [2.05, 4.69) is 200 Å². The first-order chi connectivity index (χ1) is 34.1. The third kappa shape index (κ3) is 5.85. The van der Waals surface area contributed by atoms with Gasteiger partial charge in [-0.1, -0.05) is 200 Å². The number of aliphatic imine (C=N–C) groups is 1. The molecule has 0 N–H and O–H groups in total. The Bertz CT molecular complexity index is 3810. The normalized spacial score (nSPS) is 15.1. The maximum Gasteiger partial charge on any atom is 0.164 e. The minimum atomic E-state index is -0.732. The lowest BCUT2D eigenvalue weighted by molar-refractivity contribution is 0.366. The van der Waals surface area contributed by atoms with Crippen molar-refractivity contribution in [3.05, 3.63) is 263 Å². The number of furan rings is 1. The predicted molar refractivity (Wildman–Crippen MR) is 278 cm³/mol. The minimum Gasteiger partial charge on any atom is -0.455 e. The molecule has 1 aliphatic heterocycles. The zero-order chi connectivity index (χ0) is 45.6. The van der Waals surface area contributed by atoms with Gasteiger partial charge >= 0.3 is 0 Å². The Labute approximate surface area is 399 Å². The molecule has 3 heterocycles. The third-order valence-electron chi connectivity index (χ3n) is 14.4. The number of nitrogens with zero attached hydrogens (tertiary/aromatic N) is 5. The van der Waals surface area contributed by atoms with Crippen molar-refractivity contribution in [2.75, 3.05) is 7.05 Å². The van der Waals surface area contributed by atoms with E-state index >= 15 is 0 Å². The van der Waals surface area contributed by atoms with Crippen molar-refractivity contribution in [3.63, 3.8) is 0 Å². The van der Waals surface area contributed by atoms with Gasteiger partial charge in [0.25, 0.3) is 0 Å². The summed E-state index contributed by atoms with van der Waals surface area (Å²) in [5.74, 6) is 1.86. The van der Waals surface area contributed by atoms with Gasteiger partial charge in [-0.15, -0.1) is 0 Å². The van der Waals surface area contributed by atoms with Crippen molar-refractivity contribution in [1.29, 1.82) is 0 Å². The molecule has 14 rings (SSSR count). The van der Waals surface area contributed by atoms with Crippen LogP contribution in [0.3, 0.4) is 0 Å². The second-order valence-electron chi connectivity index (χ2n) is 18.1. The fourth-order valence-electron chi connectivity index (χ4n) is 11.4. The SMILES string of the molecule is CN1C(c2ccccc2)=CC(c2ccccc2)=NC1c1cc2c(c3oc4ccccc4c13)-c1ccc(-c3nc(-c4ccccc4)nc(-c4ccccc4)n3)cc1C21c2ccccc2-c2ccccc21. The molecule has 69 heavy (non-hydrogen) atoms. The Balaban J connectivity index is 1.07. The van der Waals surface area contributed by atoms with Crippen LogP contribution in [0.4, 0.5) is 0 Å². The average Bonchev–Trinajstić information content (AvgIpc) is 4.06. The number of aromatic nitrogens is 3. The summed E-state index contributed by atoms with van der Waals surface area (Å²) >= 11 is 0. The Morgan fingerprint density at radius 3 is 1.59 bits per heavy atom. The highest BCUT2D eigenvalue weighted by atomic mass is 16.3. The molecule has 2 aromatic heterocycles. The van der Waals surface area contributed by atoms with Gasteiger partial charge in [0.2, 0.25) is 0 Å². The second-order valence-corrected chi connectivity index (χ2v) is 18.1. The van der Waals surface area contributed by atoms with E-state index in [9.17, 15) is 0 Å². The molecule has 6 heteroatoms. The molecule has 1 unspecified atom stereocenters.